The maximum Gasteiger partial charge on any atom is 0.267 e. The minimum Gasteiger partial charge on any atom is -0.352 e. The first kappa shape index (κ1) is 12.3. The predicted octanol–water partition coefficient (Wildman–Crippen LogP) is 2.08. The summed E-state index contributed by atoms with van der Waals surface area (Å²) in [5, 5.41) is 3.60. The summed E-state index contributed by atoms with van der Waals surface area (Å²) in [5.74, 6) is 4.73. The number of amides is 1. The van der Waals surface area contributed by atoms with Crippen LogP contribution in [0.2, 0.25) is 5.02 Å². The van der Waals surface area contributed by atoms with Crippen LogP contribution in [0.3, 0.4) is 0 Å². The smallest absolute Gasteiger partial charge is 0.267 e. The molecule has 0 aliphatic carbocycles. The molecule has 5 nitrogen and oxygen atoms in total. The molecular weight excluding hydrogens is 252 g/mol. The zero-order chi connectivity index (χ0) is 13.0. The van der Waals surface area contributed by atoms with Gasteiger partial charge in [0.25, 0.3) is 5.91 Å². The molecule has 0 aliphatic rings. The number of aromatic nitrogens is 1. The highest BCUT2D eigenvalue weighted by Gasteiger charge is 2.10. The molecule has 0 bridgehead atoms. The quantitative estimate of drug-likeness (QED) is 0.449. The van der Waals surface area contributed by atoms with Crippen molar-refractivity contribution < 1.29 is 4.79 Å². The van der Waals surface area contributed by atoms with E-state index < -0.39 is 5.91 Å². The molecule has 1 aromatic heterocycles. The highest BCUT2D eigenvalue weighted by atomic mass is 35.5. The van der Waals surface area contributed by atoms with E-state index in [1.807, 2.05) is 12.1 Å². The molecular formula is C12H11ClN4O. The summed E-state index contributed by atoms with van der Waals surface area (Å²) >= 11 is 6.03. The highest BCUT2D eigenvalue weighted by molar-refractivity contribution is 6.33. The molecule has 0 unspecified atom stereocenters. The Bertz CT molecular complexity index is 574. The van der Waals surface area contributed by atoms with Gasteiger partial charge in [-0.2, -0.15) is 0 Å². The largest absolute Gasteiger partial charge is 0.352 e. The number of hydrogen-bond acceptors (Lipinski definition) is 4. The summed E-state index contributed by atoms with van der Waals surface area (Å²) in [4.78, 5) is 15.5. The lowest BCUT2D eigenvalue weighted by Crippen LogP contribution is -2.30. The van der Waals surface area contributed by atoms with Gasteiger partial charge in [0.05, 0.1) is 28.2 Å². The third kappa shape index (κ3) is 2.58. The molecule has 0 aliphatic heterocycles. The number of carbonyl (C=O) groups is 1. The molecule has 1 amide bonds. The van der Waals surface area contributed by atoms with E-state index in [-0.39, 0.29) is 0 Å². The van der Waals surface area contributed by atoms with Gasteiger partial charge < -0.3 is 5.32 Å². The molecule has 92 valence electrons. The third-order valence-electron chi connectivity index (χ3n) is 2.34. The summed E-state index contributed by atoms with van der Waals surface area (Å²) < 4.78 is 0. The van der Waals surface area contributed by atoms with Crippen LogP contribution in [-0.4, -0.2) is 10.9 Å². The van der Waals surface area contributed by atoms with Crippen LogP contribution in [0, 0.1) is 0 Å². The van der Waals surface area contributed by atoms with Crippen molar-refractivity contribution in [1.82, 2.24) is 10.4 Å². The molecule has 0 atom stereocenters. The van der Waals surface area contributed by atoms with Crippen molar-refractivity contribution in [2.75, 3.05) is 5.32 Å². The molecule has 0 fully saturated rings. The lowest BCUT2D eigenvalue weighted by Gasteiger charge is -2.11. The molecule has 0 saturated carbocycles. The van der Waals surface area contributed by atoms with E-state index in [2.05, 4.69) is 15.7 Å². The Balaban J connectivity index is 2.35. The Hall–Kier alpha value is -2.11. The Kier molecular flexibility index (Phi) is 3.76. The summed E-state index contributed by atoms with van der Waals surface area (Å²) in [7, 11) is 0. The number of carbonyl (C=O) groups excluding carboxylic acids is 1. The summed E-state index contributed by atoms with van der Waals surface area (Å²) in [6.07, 6.45) is 3.05. The minimum atomic E-state index is -0.396. The van der Waals surface area contributed by atoms with Gasteiger partial charge in [-0.05, 0) is 18.2 Å². The Morgan fingerprint density at radius 1 is 1.22 bits per heavy atom. The summed E-state index contributed by atoms with van der Waals surface area (Å²) in [5.41, 5.74) is 3.71. The number of nitrogens with two attached hydrogens (primary N) is 1. The van der Waals surface area contributed by atoms with E-state index in [1.165, 1.54) is 12.4 Å². The topological polar surface area (TPSA) is 80.0 Å². The van der Waals surface area contributed by atoms with Crippen LogP contribution in [0.4, 0.5) is 11.4 Å². The van der Waals surface area contributed by atoms with Gasteiger partial charge in [0.15, 0.2) is 0 Å². The zero-order valence-electron chi connectivity index (χ0n) is 9.35. The van der Waals surface area contributed by atoms with Gasteiger partial charge in [0, 0.05) is 6.20 Å². The van der Waals surface area contributed by atoms with E-state index in [1.54, 1.807) is 18.2 Å². The van der Waals surface area contributed by atoms with Gasteiger partial charge in [-0.15, -0.1) is 0 Å². The van der Waals surface area contributed by atoms with Crippen LogP contribution in [0.5, 0.6) is 0 Å². The molecule has 4 N–H and O–H groups in total. The van der Waals surface area contributed by atoms with Crippen LogP contribution >= 0.6 is 11.6 Å². The fourth-order valence-electron chi connectivity index (χ4n) is 1.48. The van der Waals surface area contributed by atoms with Crippen LogP contribution in [-0.2, 0) is 0 Å². The van der Waals surface area contributed by atoms with Gasteiger partial charge in [-0.25, -0.2) is 5.84 Å². The van der Waals surface area contributed by atoms with E-state index >= 15 is 0 Å². The van der Waals surface area contributed by atoms with Crippen molar-refractivity contribution in [3.8, 4) is 0 Å². The first-order valence-corrected chi connectivity index (χ1v) is 5.56. The maximum absolute atomic E-state index is 11.6. The van der Waals surface area contributed by atoms with Crippen LogP contribution < -0.4 is 16.6 Å². The Morgan fingerprint density at radius 2 is 2.00 bits per heavy atom. The average Bonchev–Trinajstić information content (AvgIpc) is 2.41. The van der Waals surface area contributed by atoms with Crippen molar-refractivity contribution in [3.63, 3.8) is 0 Å². The molecule has 6 heteroatoms. The number of benzene rings is 1. The number of para-hydroxylation sites is 1. The number of halogens is 1. The van der Waals surface area contributed by atoms with Gasteiger partial charge in [0.2, 0.25) is 0 Å². The lowest BCUT2D eigenvalue weighted by molar-refractivity contribution is 0.0954. The summed E-state index contributed by atoms with van der Waals surface area (Å²) in [6, 6.07) is 8.79. The molecule has 0 saturated heterocycles. The second kappa shape index (κ2) is 5.48. The monoisotopic (exact) mass is 262 g/mol. The number of nitrogen functional groups attached to an aromatic ring is 1. The summed E-state index contributed by atoms with van der Waals surface area (Å²) in [6.45, 7) is 0. The molecule has 1 heterocycles. The number of rotatable bonds is 3. The number of hydrogen-bond donors (Lipinski definition) is 3. The second-order valence-corrected chi connectivity index (χ2v) is 3.91. The number of pyridine rings is 1. The van der Waals surface area contributed by atoms with Crippen LogP contribution in [0.1, 0.15) is 10.4 Å². The van der Waals surface area contributed by atoms with Crippen LogP contribution in [0.25, 0.3) is 0 Å². The number of anilines is 2. The molecule has 2 aromatic rings. The fraction of sp³-hybridized carbons (Fsp3) is 0. The molecule has 0 radical (unpaired) electrons. The van der Waals surface area contributed by atoms with Gasteiger partial charge >= 0.3 is 0 Å². The number of hydrazine groups is 1. The number of nitrogens with zero attached hydrogens (tertiary/aromatic N) is 1. The van der Waals surface area contributed by atoms with Crippen molar-refractivity contribution in [2.24, 2.45) is 5.84 Å². The van der Waals surface area contributed by atoms with E-state index in [0.29, 0.717) is 22.0 Å². The third-order valence-corrected chi connectivity index (χ3v) is 2.67. The predicted molar refractivity (Wildman–Crippen MR) is 70.6 cm³/mol. The Labute approximate surface area is 109 Å². The normalized spacial score (nSPS) is 9.89. The molecule has 18 heavy (non-hydrogen) atoms. The maximum atomic E-state index is 11.6. The standard InChI is InChI=1S/C12H11ClN4O/c13-9-3-1-2-4-10(9)16-11-7-15-6-5-8(11)12(18)17-14/h1-7,16H,14H2,(H,17,18). The number of nitrogens with one attached hydrogen (secondary N) is 2. The minimum absolute atomic E-state index is 0.396. The first-order valence-electron chi connectivity index (χ1n) is 5.19. The van der Waals surface area contributed by atoms with Gasteiger partial charge in [-0.3, -0.25) is 15.2 Å². The van der Waals surface area contributed by atoms with Crippen molar-refractivity contribution in [1.29, 1.82) is 0 Å². The van der Waals surface area contributed by atoms with Crippen molar-refractivity contribution >= 4 is 28.9 Å². The zero-order valence-corrected chi connectivity index (χ0v) is 10.1. The SMILES string of the molecule is NNC(=O)c1ccncc1Nc1ccccc1Cl. The molecule has 0 spiro atoms. The van der Waals surface area contributed by atoms with Gasteiger partial charge in [-0.1, -0.05) is 23.7 Å². The molecule has 1 aromatic carbocycles. The van der Waals surface area contributed by atoms with E-state index in [0.717, 1.165) is 0 Å². The average molecular weight is 263 g/mol. The Morgan fingerprint density at radius 3 is 2.72 bits per heavy atom. The second-order valence-electron chi connectivity index (χ2n) is 3.50. The van der Waals surface area contributed by atoms with Crippen LogP contribution in [0.15, 0.2) is 42.7 Å². The fourth-order valence-corrected chi connectivity index (χ4v) is 1.66. The van der Waals surface area contributed by atoms with E-state index in [9.17, 15) is 4.79 Å². The lowest BCUT2D eigenvalue weighted by atomic mass is 10.2. The van der Waals surface area contributed by atoms with Crippen molar-refractivity contribution in [3.05, 3.63) is 53.3 Å². The van der Waals surface area contributed by atoms with Gasteiger partial charge in [0.1, 0.15) is 0 Å². The highest BCUT2D eigenvalue weighted by Crippen LogP contribution is 2.26. The van der Waals surface area contributed by atoms with Crippen molar-refractivity contribution in [2.45, 2.75) is 0 Å². The van der Waals surface area contributed by atoms with E-state index in [4.69, 9.17) is 17.4 Å². The molecule has 2 rings (SSSR count). The first-order chi connectivity index (χ1) is 8.72.